The first-order chi connectivity index (χ1) is 13.8. The van der Waals surface area contributed by atoms with Crippen LogP contribution in [0.2, 0.25) is 0 Å². The zero-order valence-corrected chi connectivity index (χ0v) is 16.2. The number of aliphatic carboxylic acids is 1. The van der Waals surface area contributed by atoms with Crippen LogP contribution in [0, 0.1) is 0 Å². The van der Waals surface area contributed by atoms with E-state index in [1.54, 1.807) is 0 Å². The third-order valence-electron chi connectivity index (χ3n) is 4.57. The number of carboxylic acid groups (broad SMARTS) is 1. The van der Waals surface area contributed by atoms with Gasteiger partial charge in [0.05, 0.1) is 19.3 Å². The predicted octanol–water partition coefficient (Wildman–Crippen LogP) is -3.61. The van der Waals surface area contributed by atoms with Crippen molar-refractivity contribution in [1.29, 1.82) is 0 Å². The molecule has 1 rings (SSSR count). The van der Waals surface area contributed by atoms with E-state index in [0.29, 0.717) is 32.4 Å². The Morgan fingerprint density at radius 3 is 2.10 bits per heavy atom. The number of aliphatic hydroxyl groups is 2. The number of hydrogen-bond donors (Lipinski definition) is 8. The van der Waals surface area contributed by atoms with Crippen molar-refractivity contribution in [2.45, 2.75) is 56.3 Å². The first-order valence-corrected chi connectivity index (χ1v) is 9.63. The van der Waals surface area contributed by atoms with Crippen molar-refractivity contribution >= 4 is 23.7 Å². The van der Waals surface area contributed by atoms with E-state index in [0.717, 1.165) is 6.42 Å². The van der Waals surface area contributed by atoms with Gasteiger partial charge in [0.1, 0.15) is 18.1 Å². The van der Waals surface area contributed by atoms with Gasteiger partial charge in [0.25, 0.3) is 0 Å². The molecule has 12 nitrogen and oxygen atoms in total. The molecule has 166 valence electrons. The lowest BCUT2D eigenvalue weighted by Crippen LogP contribution is -2.58. The van der Waals surface area contributed by atoms with E-state index in [-0.39, 0.29) is 6.42 Å². The molecule has 0 aromatic carbocycles. The highest BCUT2D eigenvalue weighted by Gasteiger charge is 2.30. The van der Waals surface area contributed by atoms with Crippen LogP contribution < -0.4 is 27.0 Å². The fourth-order valence-corrected chi connectivity index (χ4v) is 2.87. The van der Waals surface area contributed by atoms with Crippen LogP contribution in [0.1, 0.15) is 32.1 Å². The van der Waals surface area contributed by atoms with Crippen molar-refractivity contribution < 1.29 is 34.5 Å². The Bertz CT molecular complexity index is 568. The molecular weight excluding hydrogens is 386 g/mol. The van der Waals surface area contributed by atoms with Gasteiger partial charge in [-0.2, -0.15) is 0 Å². The first kappa shape index (κ1) is 24.8. The lowest BCUT2D eigenvalue weighted by atomic mass is 10.1. The summed E-state index contributed by atoms with van der Waals surface area (Å²) in [5, 5.41) is 37.5. The zero-order valence-electron chi connectivity index (χ0n) is 16.2. The SMILES string of the molecule is NCCCCC(NC(=O)C(CO)NC(=O)C1CCCN1)C(=O)NC(CO)C(=O)O. The lowest BCUT2D eigenvalue weighted by molar-refractivity contribution is -0.143. The summed E-state index contributed by atoms with van der Waals surface area (Å²) < 4.78 is 0. The van der Waals surface area contributed by atoms with Gasteiger partial charge in [-0.05, 0) is 45.2 Å². The number of aliphatic hydroxyl groups excluding tert-OH is 2. The molecule has 29 heavy (non-hydrogen) atoms. The highest BCUT2D eigenvalue weighted by atomic mass is 16.4. The van der Waals surface area contributed by atoms with Crippen molar-refractivity contribution in [1.82, 2.24) is 21.3 Å². The average molecular weight is 417 g/mol. The van der Waals surface area contributed by atoms with Crippen LogP contribution in [-0.4, -0.2) is 89.5 Å². The molecule has 1 aliphatic rings. The number of amides is 3. The maximum absolute atomic E-state index is 12.5. The van der Waals surface area contributed by atoms with E-state index in [2.05, 4.69) is 21.3 Å². The van der Waals surface area contributed by atoms with Crippen molar-refractivity contribution in [3.63, 3.8) is 0 Å². The van der Waals surface area contributed by atoms with Gasteiger partial charge in [-0.3, -0.25) is 14.4 Å². The van der Waals surface area contributed by atoms with Gasteiger partial charge in [-0.15, -0.1) is 0 Å². The van der Waals surface area contributed by atoms with Gasteiger partial charge in [-0.25, -0.2) is 4.79 Å². The minimum absolute atomic E-state index is 0.169. The Balaban J connectivity index is 2.74. The van der Waals surface area contributed by atoms with E-state index in [1.165, 1.54) is 0 Å². The highest BCUT2D eigenvalue weighted by molar-refractivity contribution is 5.94. The van der Waals surface area contributed by atoms with Gasteiger partial charge in [0, 0.05) is 0 Å². The summed E-state index contributed by atoms with van der Waals surface area (Å²) in [6, 6.07) is -4.33. The molecule has 1 heterocycles. The molecule has 0 spiro atoms. The van der Waals surface area contributed by atoms with Gasteiger partial charge in [0.15, 0.2) is 0 Å². The number of unbranched alkanes of at least 4 members (excludes halogenated alkanes) is 1. The fourth-order valence-electron chi connectivity index (χ4n) is 2.87. The summed E-state index contributed by atoms with van der Waals surface area (Å²) in [4.78, 5) is 48.0. The van der Waals surface area contributed by atoms with Crippen LogP contribution in [0.3, 0.4) is 0 Å². The molecule has 0 saturated carbocycles. The van der Waals surface area contributed by atoms with E-state index in [9.17, 15) is 24.3 Å². The molecule has 12 heteroatoms. The molecule has 0 aliphatic carbocycles. The molecule has 3 amide bonds. The fraction of sp³-hybridized carbons (Fsp3) is 0.765. The molecule has 9 N–H and O–H groups in total. The van der Waals surface area contributed by atoms with Gasteiger partial charge >= 0.3 is 5.97 Å². The van der Waals surface area contributed by atoms with Gasteiger partial charge in [0.2, 0.25) is 17.7 Å². The molecule has 1 saturated heterocycles. The second-order valence-electron chi connectivity index (χ2n) is 6.82. The number of nitrogens with two attached hydrogens (primary N) is 1. The smallest absolute Gasteiger partial charge is 0.328 e. The number of carbonyl (C=O) groups excluding carboxylic acids is 3. The Morgan fingerprint density at radius 1 is 0.966 bits per heavy atom. The predicted molar refractivity (Wildman–Crippen MR) is 102 cm³/mol. The summed E-state index contributed by atoms with van der Waals surface area (Å²) >= 11 is 0. The molecule has 0 bridgehead atoms. The summed E-state index contributed by atoms with van der Waals surface area (Å²) in [5.41, 5.74) is 5.43. The highest BCUT2D eigenvalue weighted by Crippen LogP contribution is 2.06. The molecule has 0 radical (unpaired) electrons. The maximum atomic E-state index is 12.5. The second kappa shape index (κ2) is 13.0. The summed E-state index contributed by atoms with van der Waals surface area (Å²) in [6.07, 6.45) is 2.67. The van der Waals surface area contributed by atoms with Crippen molar-refractivity contribution in [3.05, 3.63) is 0 Å². The number of nitrogens with one attached hydrogen (secondary N) is 4. The first-order valence-electron chi connectivity index (χ1n) is 9.63. The topological polar surface area (TPSA) is 203 Å². The van der Waals surface area contributed by atoms with Gasteiger partial charge in [-0.1, -0.05) is 0 Å². The molecule has 1 aliphatic heterocycles. The molecule has 0 aromatic rings. The molecule has 4 unspecified atom stereocenters. The van der Waals surface area contributed by atoms with E-state index in [1.807, 2.05) is 0 Å². The normalized spacial score (nSPS) is 19.1. The quantitative estimate of drug-likeness (QED) is 0.139. The Hall–Kier alpha value is -2.28. The number of carbonyl (C=O) groups is 4. The van der Waals surface area contributed by atoms with Crippen LogP contribution in [-0.2, 0) is 19.2 Å². The maximum Gasteiger partial charge on any atom is 0.328 e. The van der Waals surface area contributed by atoms with Crippen LogP contribution in [0.4, 0.5) is 0 Å². The van der Waals surface area contributed by atoms with Crippen molar-refractivity contribution in [2.75, 3.05) is 26.3 Å². The third-order valence-corrected chi connectivity index (χ3v) is 4.57. The molecular formula is C17H31N5O7. The van der Waals surface area contributed by atoms with Crippen LogP contribution >= 0.6 is 0 Å². The molecule has 4 atom stereocenters. The molecule has 0 aromatic heterocycles. The van der Waals surface area contributed by atoms with E-state index < -0.39 is 61.1 Å². The third kappa shape index (κ3) is 8.31. The van der Waals surface area contributed by atoms with E-state index in [4.69, 9.17) is 15.9 Å². The van der Waals surface area contributed by atoms with Crippen molar-refractivity contribution in [2.24, 2.45) is 5.73 Å². The average Bonchev–Trinajstić information content (AvgIpc) is 3.23. The van der Waals surface area contributed by atoms with E-state index >= 15 is 0 Å². The standard InChI is InChI=1S/C17H31N5O7/c18-6-2-1-4-11(15(26)22-13(9-24)17(28)29)20-16(27)12(8-23)21-14(25)10-5-3-7-19-10/h10-13,19,23-24H,1-9,18H2,(H,20,27)(H,21,25)(H,22,26)(H,28,29). The summed E-state index contributed by atoms with van der Waals surface area (Å²) in [6.45, 7) is -0.419. The van der Waals surface area contributed by atoms with Crippen LogP contribution in [0.5, 0.6) is 0 Å². The lowest BCUT2D eigenvalue weighted by Gasteiger charge is -2.24. The number of carboxylic acids is 1. The Labute approximate surface area is 168 Å². The number of hydrogen-bond acceptors (Lipinski definition) is 8. The van der Waals surface area contributed by atoms with Crippen LogP contribution in [0.15, 0.2) is 0 Å². The zero-order chi connectivity index (χ0) is 21.8. The van der Waals surface area contributed by atoms with Gasteiger partial charge < -0.3 is 42.3 Å². The minimum Gasteiger partial charge on any atom is -0.480 e. The minimum atomic E-state index is -1.52. The Morgan fingerprint density at radius 2 is 1.59 bits per heavy atom. The Kier molecular flexibility index (Phi) is 11.1. The number of rotatable bonds is 13. The molecule has 1 fully saturated rings. The second-order valence-corrected chi connectivity index (χ2v) is 6.82. The summed E-state index contributed by atoms with van der Waals surface area (Å²) in [7, 11) is 0. The monoisotopic (exact) mass is 417 g/mol. The summed E-state index contributed by atoms with van der Waals surface area (Å²) in [5.74, 6) is -3.41. The largest absolute Gasteiger partial charge is 0.480 e. The van der Waals surface area contributed by atoms with Crippen LogP contribution in [0.25, 0.3) is 0 Å². The van der Waals surface area contributed by atoms with Crippen molar-refractivity contribution in [3.8, 4) is 0 Å².